The van der Waals surface area contributed by atoms with Gasteiger partial charge in [-0.3, -0.25) is 0 Å². The van der Waals surface area contributed by atoms with Gasteiger partial charge in [-0.25, -0.2) is 0 Å². The fraction of sp³-hybridized carbons (Fsp3) is 0.143. The lowest BCUT2D eigenvalue weighted by Gasteiger charge is -2.40. The molecule has 8 aromatic rings. The van der Waals surface area contributed by atoms with Gasteiger partial charge in [0.2, 0.25) is 0 Å². The quantitative estimate of drug-likeness (QED) is 0.0721. The van der Waals surface area contributed by atoms with Crippen LogP contribution in [0.15, 0.2) is 140 Å². The van der Waals surface area contributed by atoms with Crippen molar-refractivity contribution in [2.24, 2.45) is 0 Å². The van der Waals surface area contributed by atoms with Crippen molar-refractivity contribution in [2.45, 2.75) is 47.7 Å². The molecule has 344 valence electrons. The number of rotatable bonds is 5. The largest absolute Gasteiger partial charge is 0.508 e. The minimum absolute atomic E-state index is 0.0208. The van der Waals surface area contributed by atoms with Crippen LogP contribution >= 0.6 is 0 Å². The van der Waals surface area contributed by atoms with Gasteiger partial charge < -0.3 is 65.6 Å². The standard InChI is InChI=1S/C56H42O13/c57-28-8-1-24(2-9-28)45-47-35(16-31(60)20-41(47)66)53-49-37(18-33(62)22-43(49)68-55(53)26-5-12-30(59)13-6-26)51(45)52-38-19-34(63)23-44-50(38)54(56(69-44)27-7-14-39(64)40(65)15-27)36-17-32(61)21-42(67)48(36)46(52)25-3-10-29(58)11-4-25/h1-23,45-46,51-67H/t45-,46-,51-,52-,53-,54-,55+,56+/m1/s1. The van der Waals surface area contributed by atoms with Crippen LogP contribution in [0.3, 0.4) is 0 Å². The van der Waals surface area contributed by atoms with Crippen LogP contribution < -0.4 is 9.47 Å². The maximum Gasteiger partial charge on any atom is 0.157 e. The molecule has 0 unspecified atom stereocenters. The first-order valence-electron chi connectivity index (χ1n) is 22.3. The number of aromatic hydroxyl groups is 11. The molecule has 0 spiro atoms. The maximum atomic E-state index is 12.5. The summed E-state index contributed by atoms with van der Waals surface area (Å²) < 4.78 is 13.6. The number of hydrogen-bond donors (Lipinski definition) is 11. The van der Waals surface area contributed by atoms with Gasteiger partial charge in [-0.2, -0.15) is 0 Å². The molecule has 13 heteroatoms. The summed E-state index contributed by atoms with van der Waals surface area (Å²) in [5.41, 5.74) is 6.04. The Morgan fingerprint density at radius 3 is 1.04 bits per heavy atom. The SMILES string of the molecule is Oc1ccc([C@@H]2c3c(O)cc(O)cc3[C@@H]3c4c(cc(O)cc4[C@H]2[C@@H]2c4cc(O)cc5c4[C@@H](c4cc(O)cc(O)c4[C@H]2c2ccc(O)cc2)[C@H](c2ccc(O)c(O)c2)O5)O[C@H]3c2ccc(O)cc2)cc1. The van der Waals surface area contributed by atoms with Gasteiger partial charge in [-0.1, -0.05) is 42.5 Å². The van der Waals surface area contributed by atoms with Crippen molar-refractivity contribution in [2.75, 3.05) is 0 Å². The van der Waals surface area contributed by atoms with Crippen LogP contribution in [0.1, 0.15) is 114 Å². The molecule has 12 rings (SSSR count). The summed E-state index contributed by atoms with van der Waals surface area (Å²) in [6.07, 6.45) is -1.81. The van der Waals surface area contributed by atoms with Crippen molar-refractivity contribution in [3.8, 4) is 74.7 Å². The topological polar surface area (TPSA) is 241 Å². The molecule has 0 aromatic heterocycles. The Hall–Kier alpha value is -8.84. The minimum Gasteiger partial charge on any atom is -0.508 e. The molecule has 0 saturated carbocycles. The molecule has 0 amide bonds. The number of fused-ring (bicyclic) bond motifs is 4. The average molecular weight is 923 g/mol. The Bertz CT molecular complexity index is 3400. The average Bonchev–Trinajstić information content (AvgIpc) is 3.81. The molecule has 8 atom stereocenters. The van der Waals surface area contributed by atoms with E-state index in [9.17, 15) is 56.2 Å². The van der Waals surface area contributed by atoms with Crippen LogP contribution in [0.2, 0.25) is 0 Å². The first-order valence-corrected chi connectivity index (χ1v) is 22.3. The molecular formula is C56H42O13. The van der Waals surface area contributed by atoms with Crippen LogP contribution in [-0.4, -0.2) is 56.2 Å². The summed E-state index contributed by atoms with van der Waals surface area (Å²) >= 11 is 0. The molecule has 13 nitrogen and oxygen atoms in total. The highest BCUT2D eigenvalue weighted by atomic mass is 16.5. The molecule has 69 heavy (non-hydrogen) atoms. The van der Waals surface area contributed by atoms with E-state index in [1.807, 2.05) is 0 Å². The van der Waals surface area contributed by atoms with E-state index >= 15 is 0 Å². The highest BCUT2D eigenvalue weighted by Crippen LogP contribution is 2.69. The molecule has 0 radical (unpaired) electrons. The lowest BCUT2D eigenvalue weighted by atomic mass is 9.62. The number of benzene rings is 8. The third-order valence-electron chi connectivity index (χ3n) is 14.6. The molecule has 0 saturated heterocycles. The molecule has 2 aliphatic carbocycles. The van der Waals surface area contributed by atoms with E-state index in [2.05, 4.69) is 0 Å². The van der Waals surface area contributed by atoms with Crippen LogP contribution in [0.25, 0.3) is 0 Å². The van der Waals surface area contributed by atoms with Crippen molar-refractivity contribution < 1.29 is 65.6 Å². The lowest BCUT2D eigenvalue weighted by Crippen LogP contribution is -2.26. The van der Waals surface area contributed by atoms with Gasteiger partial charge in [0.05, 0.1) is 11.8 Å². The molecule has 0 fully saturated rings. The van der Waals surface area contributed by atoms with Crippen molar-refractivity contribution in [1.82, 2.24) is 0 Å². The van der Waals surface area contributed by atoms with E-state index in [1.165, 1.54) is 72.8 Å². The molecular weight excluding hydrogens is 881 g/mol. The highest BCUT2D eigenvalue weighted by Gasteiger charge is 2.55. The molecule has 2 heterocycles. The molecule has 11 N–H and O–H groups in total. The smallest absolute Gasteiger partial charge is 0.157 e. The summed E-state index contributed by atoms with van der Waals surface area (Å²) in [5, 5.41) is 125. The molecule has 2 aliphatic heterocycles. The Morgan fingerprint density at radius 2 is 0.623 bits per heavy atom. The summed E-state index contributed by atoms with van der Waals surface area (Å²) in [4.78, 5) is 0. The predicted octanol–water partition coefficient (Wildman–Crippen LogP) is 10.1. The van der Waals surface area contributed by atoms with Gasteiger partial charge in [0, 0.05) is 70.2 Å². The number of hydrogen-bond acceptors (Lipinski definition) is 13. The number of phenolic OH excluding ortho intramolecular Hbond substituents is 11. The van der Waals surface area contributed by atoms with Crippen LogP contribution in [0, 0.1) is 0 Å². The highest BCUT2D eigenvalue weighted by molar-refractivity contribution is 5.71. The second-order valence-corrected chi connectivity index (χ2v) is 18.4. The van der Waals surface area contributed by atoms with Crippen molar-refractivity contribution >= 4 is 0 Å². The number of ether oxygens (including phenoxy) is 2. The van der Waals surface area contributed by atoms with Gasteiger partial charge >= 0.3 is 0 Å². The Kier molecular flexibility index (Phi) is 9.09. The van der Waals surface area contributed by atoms with E-state index in [-0.39, 0.29) is 63.2 Å². The summed E-state index contributed by atoms with van der Waals surface area (Å²) in [5.74, 6) is -7.19. The number of phenols is 11. The monoisotopic (exact) mass is 922 g/mol. The third kappa shape index (κ3) is 6.37. The van der Waals surface area contributed by atoms with Crippen LogP contribution in [0.5, 0.6) is 74.7 Å². The van der Waals surface area contributed by atoms with Crippen molar-refractivity contribution in [3.63, 3.8) is 0 Å². The minimum atomic E-state index is -0.977. The van der Waals surface area contributed by atoms with E-state index in [0.29, 0.717) is 72.5 Å². The zero-order chi connectivity index (χ0) is 47.7. The van der Waals surface area contributed by atoms with E-state index in [4.69, 9.17) is 9.47 Å². The van der Waals surface area contributed by atoms with Gasteiger partial charge in [0.15, 0.2) is 11.5 Å². The molecule has 0 bridgehead atoms. The van der Waals surface area contributed by atoms with Crippen LogP contribution in [-0.2, 0) is 0 Å². The fourth-order valence-electron chi connectivity index (χ4n) is 12.0. The molecule has 8 aromatic carbocycles. The maximum absolute atomic E-state index is 12.5. The van der Waals surface area contributed by atoms with E-state index in [0.717, 1.165) is 0 Å². The van der Waals surface area contributed by atoms with Gasteiger partial charge in [-0.15, -0.1) is 0 Å². The second kappa shape index (κ2) is 15.1. The van der Waals surface area contributed by atoms with E-state index < -0.39 is 53.5 Å². The van der Waals surface area contributed by atoms with E-state index in [1.54, 1.807) is 66.7 Å². The first-order chi connectivity index (χ1) is 33.2. The third-order valence-corrected chi connectivity index (χ3v) is 14.6. The predicted molar refractivity (Wildman–Crippen MR) is 249 cm³/mol. The van der Waals surface area contributed by atoms with Crippen molar-refractivity contribution in [3.05, 3.63) is 206 Å². The lowest BCUT2D eigenvalue weighted by molar-refractivity contribution is 0.220. The van der Waals surface area contributed by atoms with Crippen molar-refractivity contribution in [1.29, 1.82) is 0 Å². The van der Waals surface area contributed by atoms with Gasteiger partial charge in [-0.05, 0) is 117 Å². The Balaban J connectivity index is 1.25. The fourth-order valence-corrected chi connectivity index (χ4v) is 12.0. The Labute approximate surface area is 393 Å². The zero-order valence-electron chi connectivity index (χ0n) is 36.1. The Morgan fingerprint density at radius 1 is 0.261 bits per heavy atom. The second-order valence-electron chi connectivity index (χ2n) is 18.4. The van der Waals surface area contributed by atoms with Crippen LogP contribution in [0.4, 0.5) is 0 Å². The summed E-state index contributed by atoms with van der Waals surface area (Å²) in [6.45, 7) is 0. The zero-order valence-corrected chi connectivity index (χ0v) is 36.1. The summed E-state index contributed by atoms with van der Waals surface area (Å²) in [7, 11) is 0. The normalized spacial score (nSPS) is 22.5. The molecule has 4 aliphatic rings. The van der Waals surface area contributed by atoms with Gasteiger partial charge in [0.25, 0.3) is 0 Å². The summed E-state index contributed by atoms with van der Waals surface area (Å²) in [6, 6.07) is 35.7. The first kappa shape index (κ1) is 41.6. The van der Waals surface area contributed by atoms with Gasteiger partial charge in [0.1, 0.15) is 75.5 Å².